The molecule has 106 valence electrons. The van der Waals surface area contributed by atoms with E-state index in [4.69, 9.17) is 4.74 Å². The molecule has 0 fully saturated rings. The van der Waals surface area contributed by atoms with Crippen molar-refractivity contribution in [3.63, 3.8) is 0 Å². The van der Waals surface area contributed by atoms with E-state index in [2.05, 4.69) is 27.3 Å². The molecule has 2 rings (SSSR count). The average Bonchev–Trinajstić information content (AvgIpc) is 2.38. The number of methoxy groups -OCH3 is 1. The Morgan fingerprint density at radius 1 is 1.20 bits per heavy atom. The number of carbonyl (C=O) groups excluding carboxylic acids is 1. The zero-order chi connectivity index (χ0) is 14.8. The maximum absolute atomic E-state index is 12.0. The number of anilines is 1. The summed E-state index contributed by atoms with van der Waals surface area (Å²) in [5, 5.41) is 5.14. The van der Waals surface area contributed by atoms with Gasteiger partial charge in [0.1, 0.15) is 0 Å². The minimum Gasteiger partial charge on any atom is -0.378 e. The number of carbonyl (C=O) groups is 1. The number of fused-ring (bicyclic) bond motifs is 1. The van der Waals surface area contributed by atoms with E-state index in [9.17, 15) is 4.79 Å². The second-order valence-electron chi connectivity index (χ2n) is 5.40. The number of nitrogens with one attached hydrogen (secondary N) is 1. The van der Waals surface area contributed by atoms with Crippen LogP contribution < -0.4 is 5.32 Å². The molecule has 2 aromatic rings. The summed E-state index contributed by atoms with van der Waals surface area (Å²) < 4.78 is 6.31. The van der Waals surface area contributed by atoms with Crippen LogP contribution in [-0.4, -0.2) is 18.6 Å². The highest BCUT2D eigenvalue weighted by molar-refractivity contribution is 9.10. The molecule has 1 N–H and O–H groups in total. The van der Waals surface area contributed by atoms with Gasteiger partial charge in [0.2, 0.25) is 5.91 Å². The van der Waals surface area contributed by atoms with Crippen molar-refractivity contribution in [2.24, 2.45) is 0 Å². The number of rotatable bonds is 4. The molecule has 0 aromatic heterocycles. The van der Waals surface area contributed by atoms with Crippen molar-refractivity contribution >= 4 is 38.3 Å². The zero-order valence-corrected chi connectivity index (χ0v) is 13.5. The highest BCUT2D eigenvalue weighted by atomic mass is 79.9. The number of amides is 1. The minimum atomic E-state index is -0.453. The molecule has 0 unspecified atom stereocenters. The van der Waals surface area contributed by atoms with Gasteiger partial charge in [0.05, 0.1) is 12.0 Å². The molecule has 0 aliphatic carbocycles. The Hall–Kier alpha value is -1.39. The van der Waals surface area contributed by atoms with E-state index in [0.717, 1.165) is 20.9 Å². The first kappa shape index (κ1) is 15.0. The van der Waals surface area contributed by atoms with E-state index < -0.39 is 5.60 Å². The quantitative estimate of drug-likeness (QED) is 0.901. The molecule has 0 saturated heterocycles. The Morgan fingerprint density at radius 2 is 1.85 bits per heavy atom. The topological polar surface area (TPSA) is 38.3 Å². The van der Waals surface area contributed by atoms with Gasteiger partial charge >= 0.3 is 0 Å². The van der Waals surface area contributed by atoms with Crippen LogP contribution in [0.4, 0.5) is 5.69 Å². The molecular formula is C16H18BrNO2. The molecule has 0 saturated carbocycles. The van der Waals surface area contributed by atoms with Gasteiger partial charge in [0, 0.05) is 17.3 Å². The van der Waals surface area contributed by atoms with E-state index in [-0.39, 0.29) is 5.91 Å². The average molecular weight is 336 g/mol. The van der Waals surface area contributed by atoms with Crippen molar-refractivity contribution in [1.82, 2.24) is 0 Å². The molecule has 20 heavy (non-hydrogen) atoms. The number of hydrogen-bond acceptors (Lipinski definition) is 2. The fourth-order valence-electron chi connectivity index (χ4n) is 1.96. The summed E-state index contributed by atoms with van der Waals surface area (Å²) in [5.41, 5.74) is 0.350. The van der Waals surface area contributed by atoms with E-state index in [1.807, 2.05) is 44.2 Å². The Kier molecular flexibility index (Phi) is 4.45. The second kappa shape index (κ2) is 5.94. The molecule has 4 heteroatoms. The minimum absolute atomic E-state index is 0.0479. The van der Waals surface area contributed by atoms with Gasteiger partial charge in [-0.2, -0.15) is 0 Å². The van der Waals surface area contributed by atoms with E-state index >= 15 is 0 Å². The van der Waals surface area contributed by atoms with E-state index in [0.29, 0.717) is 6.42 Å². The zero-order valence-electron chi connectivity index (χ0n) is 11.9. The fraction of sp³-hybridized carbons (Fsp3) is 0.312. The standard InChI is InChI=1S/C16H18BrNO2/c1-16(2,20-3)10-15(19)18-14-7-5-11-8-13(17)6-4-12(11)9-14/h4-9H,10H2,1-3H3,(H,18,19). The SMILES string of the molecule is COC(C)(C)CC(=O)Nc1ccc2cc(Br)ccc2c1. The molecule has 0 heterocycles. The van der Waals surface area contributed by atoms with Crippen LogP contribution in [0.25, 0.3) is 10.8 Å². The summed E-state index contributed by atoms with van der Waals surface area (Å²) in [7, 11) is 1.61. The Labute approximate surface area is 127 Å². The van der Waals surface area contributed by atoms with Crippen LogP contribution in [0.3, 0.4) is 0 Å². The number of benzene rings is 2. The fourth-order valence-corrected chi connectivity index (χ4v) is 2.34. The Bertz CT molecular complexity index is 637. The van der Waals surface area contributed by atoms with Gasteiger partial charge in [-0.1, -0.05) is 28.1 Å². The van der Waals surface area contributed by atoms with Crippen molar-refractivity contribution in [1.29, 1.82) is 0 Å². The van der Waals surface area contributed by atoms with Gasteiger partial charge in [-0.05, 0) is 48.9 Å². The van der Waals surface area contributed by atoms with Gasteiger partial charge in [0.25, 0.3) is 0 Å². The maximum Gasteiger partial charge on any atom is 0.227 e. The van der Waals surface area contributed by atoms with Crippen molar-refractivity contribution < 1.29 is 9.53 Å². The highest BCUT2D eigenvalue weighted by Crippen LogP contribution is 2.23. The summed E-state index contributed by atoms with van der Waals surface area (Å²) in [6.07, 6.45) is 0.321. The third kappa shape index (κ3) is 3.81. The number of hydrogen-bond donors (Lipinski definition) is 1. The van der Waals surface area contributed by atoms with Gasteiger partial charge in [-0.3, -0.25) is 4.79 Å². The Balaban J connectivity index is 2.14. The first-order valence-corrected chi connectivity index (χ1v) is 7.23. The van der Waals surface area contributed by atoms with Gasteiger partial charge in [-0.15, -0.1) is 0 Å². The van der Waals surface area contributed by atoms with Crippen molar-refractivity contribution in [2.45, 2.75) is 25.9 Å². The lowest BCUT2D eigenvalue weighted by Crippen LogP contribution is -2.29. The molecule has 0 bridgehead atoms. The molecule has 0 spiro atoms. The maximum atomic E-state index is 12.0. The van der Waals surface area contributed by atoms with Crippen LogP contribution in [-0.2, 0) is 9.53 Å². The molecule has 2 aromatic carbocycles. The van der Waals surface area contributed by atoms with Crippen LogP contribution in [0.1, 0.15) is 20.3 Å². The lowest BCUT2D eigenvalue weighted by Gasteiger charge is -2.21. The van der Waals surface area contributed by atoms with Gasteiger partial charge in [-0.25, -0.2) is 0 Å². The summed E-state index contributed by atoms with van der Waals surface area (Å²) >= 11 is 3.45. The van der Waals surface area contributed by atoms with Crippen LogP contribution in [0.15, 0.2) is 40.9 Å². The first-order valence-electron chi connectivity index (χ1n) is 6.44. The molecule has 3 nitrogen and oxygen atoms in total. The summed E-state index contributed by atoms with van der Waals surface area (Å²) in [6, 6.07) is 11.9. The van der Waals surface area contributed by atoms with Crippen molar-refractivity contribution in [3.8, 4) is 0 Å². The highest BCUT2D eigenvalue weighted by Gasteiger charge is 2.21. The molecule has 0 aliphatic rings. The predicted molar refractivity (Wildman–Crippen MR) is 86.0 cm³/mol. The summed E-state index contributed by atoms with van der Waals surface area (Å²) in [5.74, 6) is -0.0479. The molecule has 0 radical (unpaired) electrons. The van der Waals surface area contributed by atoms with Crippen LogP contribution in [0, 0.1) is 0 Å². The van der Waals surface area contributed by atoms with Gasteiger partial charge < -0.3 is 10.1 Å². The predicted octanol–water partition coefficient (Wildman–Crippen LogP) is 4.36. The smallest absolute Gasteiger partial charge is 0.227 e. The summed E-state index contributed by atoms with van der Waals surface area (Å²) in [4.78, 5) is 12.0. The molecule has 0 aliphatic heterocycles. The molecule has 0 atom stereocenters. The third-order valence-corrected chi connectivity index (χ3v) is 3.72. The van der Waals surface area contributed by atoms with E-state index in [1.54, 1.807) is 7.11 Å². The van der Waals surface area contributed by atoms with Crippen molar-refractivity contribution in [3.05, 3.63) is 40.9 Å². The van der Waals surface area contributed by atoms with Gasteiger partial charge in [0.15, 0.2) is 0 Å². The summed E-state index contributed by atoms with van der Waals surface area (Å²) in [6.45, 7) is 3.79. The molecule has 1 amide bonds. The first-order chi connectivity index (χ1) is 9.39. The van der Waals surface area contributed by atoms with Crippen molar-refractivity contribution in [2.75, 3.05) is 12.4 Å². The number of ether oxygens (including phenoxy) is 1. The monoisotopic (exact) mass is 335 g/mol. The van der Waals surface area contributed by atoms with Crippen LogP contribution in [0.2, 0.25) is 0 Å². The lowest BCUT2D eigenvalue weighted by atomic mass is 10.0. The normalized spacial score (nSPS) is 11.6. The third-order valence-electron chi connectivity index (χ3n) is 3.22. The molecular weight excluding hydrogens is 318 g/mol. The van der Waals surface area contributed by atoms with E-state index in [1.165, 1.54) is 0 Å². The lowest BCUT2D eigenvalue weighted by molar-refractivity contribution is -0.121. The van der Waals surface area contributed by atoms with Crippen LogP contribution >= 0.6 is 15.9 Å². The second-order valence-corrected chi connectivity index (χ2v) is 6.31. The number of halogens is 1. The largest absolute Gasteiger partial charge is 0.378 e. The van der Waals surface area contributed by atoms with Crippen LogP contribution in [0.5, 0.6) is 0 Å². The Morgan fingerprint density at radius 3 is 2.55 bits per heavy atom.